The summed E-state index contributed by atoms with van der Waals surface area (Å²) in [7, 11) is 0. The van der Waals surface area contributed by atoms with E-state index in [-0.39, 0.29) is 23.8 Å². The Morgan fingerprint density at radius 1 is 1.03 bits per heavy atom. The molecule has 1 aromatic carbocycles. The third kappa shape index (κ3) is 2.55. The topological polar surface area (TPSA) is 82.9 Å². The molecule has 7 nitrogen and oxygen atoms in total. The summed E-state index contributed by atoms with van der Waals surface area (Å²) in [6.45, 7) is 1.86. The average Bonchev–Trinajstić information content (AvgIpc) is 3.15. The molecular formula is C22H19ClN4O3. The van der Waals surface area contributed by atoms with Gasteiger partial charge in [-0.05, 0) is 50.8 Å². The van der Waals surface area contributed by atoms with Gasteiger partial charge >= 0.3 is 0 Å². The van der Waals surface area contributed by atoms with Gasteiger partial charge in [0.1, 0.15) is 0 Å². The molecule has 1 aliphatic carbocycles. The molecule has 1 fully saturated rings. The highest BCUT2D eigenvalue weighted by Gasteiger charge is 2.53. The van der Waals surface area contributed by atoms with Crippen LogP contribution >= 0.6 is 11.6 Å². The van der Waals surface area contributed by atoms with Crippen molar-refractivity contribution < 1.29 is 14.4 Å². The molecule has 3 amide bonds. The molecule has 30 heavy (non-hydrogen) atoms. The summed E-state index contributed by atoms with van der Waals surface area (Å²) in [6, 6.07) is 8.35. The van der Waals surface area contributed by atoms with Crippen molar-refractivity contribution in [1.82, 2.24) is 9.88 Å². The second kappa shape index (κ2) is 6.74. The lowest BCUT2D eigenvalue weighted by Crippen LogP contribution is -2.48. The van der Waals surface area contributed by atoms with Gasteiger partial charge in [0, 0.05) is 18.4 Å². The van der Waals surface area contributed by atoms with Gasteiger partial charge in [0.25, 0.3) is 17.7 Å². The minimum Gasteiger partial charge on any atom is -0.271 e. The maximum absolute atomic E-state index is 13.4. The van der Waals surface area contributed by atoms with Crippen LogP contribution in [-0.4, -0.2) is 39.4 Å². The number of hydrogen-bond donors (Lipinski definition) is 0. The third-order valence-corrected chi connectivity index (χ3v) is 6.81. The summed E-state index contributed by atoms with van der Waals surface area (Å²) in [5.41, 5.74) is 1.44. The van der Waals surface area contributed by atoms with Gasteiger partial charge in [0.2, 0.25) is 0 Å². The van der Waals surface area contributed by atoms with E-state index in [1.807, 2.05) is 6.92 Å². The Kier molecular flexibility index (Phi) is 4.25. The van der Waals surface area contributed by atoms with Crippen LogP contribution in [-0.2, 0) is 4.79 Å². The number of hydrazone groups is 1. The maximum Gasteiger partial charge on any atom is 0.261 e. The SMILES string of the molecule is CC1=NN(c2ccncc2Cl)C(=O)C12CCC(N1C(=O)c3ccccc3C1=O)CC2. The molecule has 0 atom stereocenters. The number of imide groups is 1. The van der Waals surface area contributed by atoms with Crippen LogP contribution in [0.4, 0.5) is 5.69 Å². The quantitative estimate of drug-likeness (QED) is 0.691. The van der Waals surface area contributed by atoms with Gasteiger partial charge in [-0.15, -0.1) is 0 Å². The van der Waals surface area contributed by atoms with Crippen LogP contribution in [0.5, 0.6) is 0 Å². The fourth-order valence-corrected chi connectivity index (χ4v) is 5.02. The van der Waals surface area contributed by atoms with Gasteiger partial charge in [-0.25, -0.2) is 0 Å². The van der Waals surface area contributed by atoms with Gasteiger partial charge in [-0.1, -0.05) is 23.7 Å². The van der Waals surface area contributed by atoms with E-state index < -0.39 is 5.41 Å². The van der Waals surface area contributed by atoms with E-state index >= 15 is 0 Å². The number of aromatic nitrogens is 1. The molecule has 1 aromatic heterocycles. The van der Waals surface area contributed by atoms with Crippen molar-refractivity contribution in [2.24, 2.45) is 10.5 Å². The van der Waals surface area contributed by atoms with Crippen molar-refractivity contribution in [3.63, 3.8) is 0 Å². The molecule has 1 saturated carbocycles. The Bertz CT molecular complexity index is 1090. The highest BCUT2D eigenvalue weighted by Crippen LogP contribution is 2.46. The van der Waals surface area contributed by atoms with E-state index in [1.54, 1.807) is 36.5 Å². The second-order valence-electron chi connectivity index (χ2n) is 7.97. The monoisotopic (exact) mass is 422 g/mol. The molecule has 0 unspecified atom stereocenters. The number of carbonyl (C=O) groups is 3. The number of halogens is 1. The van der Waals surface area contributed by atoms with Gasteiger partial charge in [0.05, 0.1) is 33.0 Å². The number of nitrogens with zero attached hydrogens (tertiary/aromatic N) is 4. The fraction of sp³-hybridized carbons (Fsp3) is 0.318. The average molecular weight is 423 g/mol. The lowest BCUT2D eigenvalue weighted by Gasteiger charge is -2.38. The Labute approximate surface area is 178 Å². The first-order valence-corrected chi connectivity index (χ1v) is 10.3. The van der Waals surface area contributed by atoms with Crippen LogP contribution in [0.15, 0.2) is 47.8 Å². The number of amides is 3. The standard InChI is InChI=1S/C22H19ClN4O3/c1-13-22(21(30)27(25-13)18-8-11-24-12-17(18)23)9-6-14(7-10-22)26-19(28)15-4-2-3-5-16(15)20(26)29/h2-5,8,11-12,14H,6-7,9-10H2,1H3. The third-order valence-electron chi connectivity index (χ3n) is 6.52. The molecule has 8 heteroatoms. The molecule has 2 aliphatic heterocycles. The Morgan fingerprint density at radius 2 is 1.67 bits per heavy atom. The van der Waals surface area contributed by atoms with E-state index in [1.165, 1.54) is 16.1 Å². The van der Waals surface area contributed by atoms with Crippen molar-refractivity contribution in [3.05, 3.63) is 58.9 Å². The summed E-state index contributed by atoms with van der Waals surface area (Å²) in [6.07, 6.45) is 5.23. The Balaban J connectivity index is 1.37. The largest absolute Gasteiger partial charge is 0.271 e. The van der Waals surface area contributed by atoms with Gasteiger partial charge in [-0.3, -0.25) is 24.3 Å². The minimum atomic E-state index is -0.720. The van der Waals surface area contributed by atoms with E-state index in [0.29, 0.717) is 47.5 Å². The van der Waals surface area contributed by atoms with Gasteiger partial charge < -0.3 is 0 Å². The van der Waals surface area contributed by atoms with E-state index in [2.05, 4.69) is 10.1 Å². The number of hydrogen-bond acceptors (Lipinski definition) is 5. The minimum absolute atomic E-state index is 0.117. The summed E-state index contributed by atoms with van der Waals surface area (Å²) in [5, 5.41) is 6.23. The van der Waals surface area contributed by atoms with Crippen LogP contribution < -0.4 is 5.01 Å². The highest BCUT2D eigenvalue weighted by atomic mass is 35.5. The number of carbonyl (C=O) groups excluding carboxylic acids is 3. The fourth-order valence-electron chi connectivity index (χ4n) is 4.82. The van der Waals surface area contributed by atoms with Crippen LogP contribution in [0, 0.1) is 5.41 Å². The zero-order valence-electron chi connectivity index (χ0n) is 16.3. The molecule has 5 rings (SSSR count). The molecule has 2 aromatic rings. The normalized spacial score (nSPS) is 25.9. The van der Waals surface area contributed by atoms with Gasteiger partial charge in [0.15, 0.2) is 0 Å². The van der Waals surface area contributed by atoms with E-state index in [4.69, 9.17) is 11.6 Å². The molecule has 0 bridgehead atoms. The van der Waals surface area contributed by atoms with Crippen LogP contribution in [0.3, 0.4) is 0 Å². The molecule has 3 heterocycles. The molecule has 0 radical (unpaired) electrons. The van der Waals surface area contributed by atoms with E-state index in [9.17, 15) is 14.4 Å². The Hall–Kier alpha value is -3.06. The number of rotatable bonds is 2. The second-order valence-corrected chi connectivity index (χ2v) is 8.38. The first kappa shape index (κ1) is 18.9. The van der Waals surface area contributed by atoms with Crippen molar-refractivity contribution in [3.8, 4) is 0 Å². The predicted molar refractivity (Wildman–Crippen MR) is 111 cm³/mol. The maximum atomic E-state index is 13.4. The van der Waals surface area contributed by atoms with E-state index in [0.717, 1.165) is 5.71 Å². The van der Waals surface area contributed by atoms with Gasteiger partial charge in [-0.2, -0.15) is 10.1 Å². The molecule has 1 spiro atoms. The molecule has 0 N–H and O–H groups in total. The van der Waals surface area contributed by atoms with Crippen LogP contribution in [0.25, 0.3) is 0 Å². The van der Waals surface area contributed by atoms with Crippen molar-refractivity contribution >= 4 is 40.7 Å². The molecule has 0 saturated heterocycles. The Morgan fingerprint density at radius 3 is 2.27 bits per heavy atom. The summed E-state index contributed by atoms with van der Waals surface area (Å²) in [5.74, 6) is -0.608. The number of anilines is 1. The first-order chi connectivity index (χ1) is 14.4. The highest BCUT2D eigenvalue weighted by molar-refractivity contribution is 6.34. The van der Waals surface area contributed by atoms with Crippen molar-refractivity contribution in [2.75, 3.05) is 5.01 Å². The summed E-state index contributed by atoms with van der Waals surface area (Å²) < 4.78 is 0. The number of benzene rings is 1. The lowest BCUT2D eigenvalue weighted by atomic mass is 9.69. The molecule has 3 aliphatic rings. The number of pyridine rings is 1. The van der Waals surface area contributed by atoms with Crippen LogP contribution in [0.2, 0.25) is 5.02 Å². The molecule has 152 valence electrons. The smallest absolute Gasteiger partial charge is 0.261 e. The predicted octanol–water partition coefficient (Wildman–Crippen LogP) is 3.68. The first-order valence-electron chi connectivity index (χ1n) is 9.91. The molecular weight excluding hydrogens is 404 g/mol. The zero-order chi connectivity index (χ0) is 21.0. The zero-order valence-corrected chi connectivity index (χ0v) is 17.1. The van der Waals surface area contributed by atoms with Crippen LogP contribution in [0.1, 0.15) is 53.3 Å². The summed E-state index contributed by atoms with van der Waals surface area (Å²) in [4.78, 5) is 44.3. The van der Waals surface area contributed by atoms with Crippen molar-refractivity contribution in [2.45, 2.75) is 38.6 Å². The number of fused-ring (bicyclic) bond motifs is 1. The summed E-state index contributed by atoms with van der Waals surface area (Å²) >= 11 is 6.22. The van der Waals surface area contributed by atoms with Crippen molar-refractivity contribution in [1.29, 1.82) is 0 Å². The lowest BCUT2D eigenvalue weighted by molar-refractivity contribution is -0.125.